The van der Waals surface area contributed by atoms with Gasteiger partial charge in [-0.25, -0.2) is 0 Å². The first-order chi connectivity index (χ1) is 10.3. The van der Waals surface area contributed by atoms with Crippen molar-refractivity contribution >= 4 is 23.5 Å². The van der Waals surface area contributed by atoms with Crippen molar-refractivity contribution in [2.24, 2.45) is 0 Å². The minimum Gasteiger partial charge on any atom is -0.480 e. The molecule has 0 radical (unpaired) electrons. The first-order valence-electron chi connectivity index (χ1n) is 6.80. The predicted molar refractivity (Wildman–Crippen MR) is 84.8 cm³/mol. The zero-order valence-corrected chi connectivity index (χ0v) is 13.3. The molecule has 0 aliphatic heterocycles. The van der Waals surface area contributed by atoms with E-state index in [1.54, 1.807) is 12.1 Å². The summed E-state index contributed by atoms with van der Waals surface area (Å²) in [7, 11) is 0. The molecule has 0 spiro atoms. The smallest absolute Gasteiger partial charge is 0.325 e. The van der Waals surface area contributed by atoms with Crippen molar-refractivity contribution in [1.82, 2.24) is 9.88 Å². The Hall–Kier alpha value is -2.27. The van der Waals surface area contributed by atoms with Crippen LogP contribution in [0.3, 0.4) is 0 Å². The van der Waals surface area contributed by atoms with E-state index in [1.807, 2.05) is 36.6 Å². The SMILES string of the molecule is Cc1cc(C(=O)N[C@@H](C)C(=O)O)c(C)n1-c1cccc(Cl)c1. The second-order valence-corrected chi connectivity index (χ2v) is 5.57. The van der Waals surface area contributed by atoms with Gasteiger partial charge in [0.2, 0.25) is 0 Å². The van der Waals surface area contributed by atoms with E-state index in [2.05, 4.69) is 5.32 Å². The molecule has 2 aromatic rings. The molecule has 0 unspecified atom stereocenters. The van der Waals surface area contributed by atoms with E-state index < -0.39 is 17.9 Å². The molecule has 2 N–H and O–H groups in total. The molecule has 2 rings (SSSR count). The van der Waals surface area contributed by atoms with E-state index in [9.17, 15) is 9.59 Å². The number of amides is 1. The first-order valence-corrected chi connectivity index (χ1v) is 7.17. The molecule has 22 heavy (non-hydrogen) atoms. The topological polar surface area (TPSA) is 71.3 Å². The lowest BCUT2D eigenvalue weighted by Crippen LogP contribution is -2.38. The summed E-state index contributed by atoms with van der Waals surface area (Å²) in [5.41, 5.74) is 2.90. The molecule has 1 aromatic carbocycles. The number of halogens is 1. The molecular weight excluding hydrogens is 304 g/mol. The molecule has 0 fully saturated rings. The second-order valence-electron chi connectivity index (χ2n) is 5.13. The highest BCUT2D eigenvalue weighted by atomic mass is 35.5. The van der Waals surface area contributed by atoms with Crippen LogP contribution < -0.4 is 5.32 Å². The van der Waals surface area contributed by atoms with Crippen LogP contribution in [0.15, 0.2) is 30.3 Å². The molecule has 1 aromatic heterocycles. The maximum absolute atomic E-state index is 12.2. The molecule has 0 saturated carbocycles. The Morgan fingerprint density at radius 2 is 1.95 bits per heavy atom. The Bertz CT molecular complexity index is 737. The lowest BCUT2D eigenvalue weighted by atomic mass is 10.2. The molecular formula is C16H17ClN2O3. The largest absolute Gasteiger partial charge is 0.480 e. The Labute approximate surface area is 133 Å². The molecule has 5 nitrogen and oxygen atoms in total. The molecule has 0 aliphatic carbocycles. The van der Waals surface area contributed by atoms with Gasteiger partial charge in [-0.1, -0.05) is 17.7 Å². The van der Waals surface area contributed by atoms with E-state index in [4.69, 9.17) is 16.7 Å². The predicted octanol–water partition coefficient (Wildman–Crippen LogP) is 2.95. The Kier molecular flexibility index (Phi) is 4.56. The fraction of sp³-hybridized carbons (Fsp3) is 0.250. The van der Waals surface area contributed by atoms with E-state index in [0.29, 0.717) is 10.6 Å². The van der Waals surface area contributed by atoms with Crippen molar-refractivity contribution in [2.45, 2.75) is 26.8 Å². The molecule has 1 heterocycles. The standard InChI is InChI=1S/C16H17ClN2O3/c1-9-7-14(15(20)18-10(2)16(21)22)11(3)19(9)13-6-4-5-12(17)8-13/h4-8,10H,1-3H3,(H,18,20)(H,21,22)/t10-/m0/s1. The van der Waals surface area contributed by atoms with Crippen LogP contribution in [0.4, 0.5) is 0 Å². The Balaban J connectivity index is 2.39. The number of carboxylic acids is 1. The summed E-state index contributed by atoms with van der Waals surface area (Å²) in [4.78, 5) is 23.1. The molecule has 116 valence electrons. The van der Waals surface area contributed by atoms with Crippen molar-refractivity contribution in [1.29, 1.82) is 0 Å². The third-order valence-corrected chi connectivity index (χ3v) is 3.70. The zero-order valence-electron chi connectivity index (χ0n) is 12.6. The summed E-state index contributed by atoms with van der Waals surface area (Å²) in [5, 5.41) is 11.9. The summed E-state index contributed by atoms with van der Waals surface area (Å²) < 4.78 is 1.91. The van der Waals surface area contributed by atoms with Gasteiger partial charge >= 0.3 is 5.97 Å². The van der Waals surface area contributed by atoms with E-state index in [1.165, 1.54) is 6.92 Å². The summed E-state index contributed by atoms with van der Waals surface area (Å²) in [6.45, 7) is 5.12. The third-order valence-electron chi connectivity index (χ3n) is 3.46. The molecule has 0 bridgehead atoms. The van der Waals surface area contributed by atoms with Crippen molar-refractivity contribution in [3.8, 4) is 5.69 Å². The second kappa shape index (κ2) is 6.23. The van der Waals surface area contributed by atoms with Crippen LogP contribution in [0, 0.1) is 13.8 Å². The average molecular weight is 321 g/mol. The summed E-state index contributed by atoms with van der Waals surface area (Å²) >= 11 is 6.01. The highest BCUT2D eigenvalue weighted by Gasteiger charge is 2.20. The lowest BCUT2D eigenvalue weighted by Gasteiger charge is -2.11. The normalized spacial score (nSPS) is 12.0. The van der Waals surface area contributed by atoms with Crippen molar-refractivity contribution in [3.05, 3.63) is 52.3 Å². The van der Waals surface area contributed by atoms with Crippen molar-refractivity contribution in [3.63, 3.8) is 0 Å². The number of rotatable bonds is 4. The van der Waals surface area contributed by atoms with Crippen LogP contribution in [0.5, 0.6) is 0 Å². The molecule has 0 aliphatic rings. The van der Waals surface area contributed by atoms with Crippen LogP contribution in [0.25, 0.3) is 5.69 Å². The fourth-order valence-corrected chi connectivity index (χ4v) is 2.53. The quantitative estimate of drug-likeness (QED) is 0.909. The third kappa shape index (κ3) is 3.14. The van der Waals surface area contributed by atoms with Crippen molar-refractivity contribution in [2.75, 3.05) is 0 Å². The summed E-state index contributed by atoms with van der Waals surface area (Å²) in [6.07, 6.45) is 0. The maximum atomic E-state index is 12.2. The number of carboxylic acid groups (broad SMARTS) is 1. The number of aliphatic carboxylic acids is 1. The van der Waals surface area contributed by atoms with Crippen LogP contribution in [0.2, 0.25) is 5.02 Å². The van der Waals surface area contributed by atoms with Crippen molar-refractivity contribution < 1.29 is 14.7 Å². The van der Waals surface area contributed by atoms with Gasteiger partial charge in [-0.15, -0.1) is 0 Å². The number of benzene rings is 1. The molecule has 6 heteroatoms. The Morgan fingerprint density at radius 1 is 1.27 bits per heavy atom. The number of aromatic nitrogens is 1. The summed E-state index contributed by atoms with van der Waals surface area (Å²) in [6, 6.07) is 8.11. The number of carbonyl (C=O) groups is 2. The molecule has 1 amide bonds. The highest BCUT2D eigenvalue weighted by molar-refractivity contribution is 6.30. The first kappa shape index (κ1) is 16.1. The van der Waals surface area contributed by atoms with Gasteiger partial charge in [0.15, 0.2) is 0 Å². The number of carbonyl (C=O) groups excluding carboxylic acids is 1. The number of hydrogen-bond acceptors (Lipinski definition) is 2. The van der Waals surface area contributed by atoms with Crippen LogP contribution in [-0.4, -0.2) is 27.6 Å². The van der Waals surface area contributed by atoms with E-state index in [-0.39, 0.29) is 0 Å². The van der Waals surface area contributed by atoms with E-state index in [0.717, 1.165) is 17.1 Å². The van der Waals surface area contributed by atoms with Gasteiger partial charge in [0, 0.05) is 22.1 Å². The van der Waals surface area contributed by atoms with Gasteiger partial charge in [-0.05, 0) is 45.0 Å². The van der Waals surface area contributed by atoms with Crippen LogP contribution in [0.1, 0.15) is 28.7 Å². The van der Waals surface area contributed by atoms with Gasteiger partial charge in [-0.2, -0.15) is 0 Å². The lowest BCUT2D eigenvalue weighted by molar-refractivity contribution is -0.138. The van der Waals surface area contributed by atoms with Gasteiger partial charge < -0.3 is 15.0 Å². The highest BCUT2D eigenvalue weighted by Crippen LogP contribution is 2.23. The minimum atomic E-state index is -1.07. The van der Waals surface area contributed by atoms with Gasteiger partial charge in [-0.3, -0.25) is 9.59 Å². The van der Waals surface area contributed by atoms with Crippen LogP contribution >= 0.6 is 11.6 Å². The number of nitrogens with zero attached hydrogens (tertiary/aromatic N) is 1. The van der Waals surface area contributed by atoms with Gasteiger partial charge in [0.05, 0.1) is 5.56 Å². The number of nitrogens with one attached hydrogen (secondary N) is 1. The van der Waals surface area contributed by atoms with Crippen LogP contribution in [-0.2, 0) is 4.79 Å². The number of hydrogen-bond donors (Lipinski definition) is 2. The van der Waals surface area contributed by atoms with Gasteiger partial charge in [0.25, 0.3) is 5.91 Å². The maximum Gasteiger partial charge on any atom is 0.325 e. The van der Waals surface area contributed by atoms with Gasteiger partial charge in [0.1, 0.15) is 6.04 Å². The van der Waals surface area contributed by atoms with E-state index >= 15 is 0 Å². The summed E-state index contributed by atoms with van der Waals surface area (Å²) in [5.74, 6) is -1.48. The fourth-order valence-electron chi connectivity index (χ4n) is 2.34. The molecule has 1 atom stereocenters. The molecule has 0 saturated heterocycles. The average Bonchev–Trinajstić information content (AvgIpc) is 2.73. The minimum absolute atomic E-state index is 0.406. The zero-order chi connectivity index (χ0) is 16.4. The Morgan fingerprint density at radius 3 is 2.55 bits per heavy atom. The number of aryl methyl sites for hydroxylation is 1. The monoisotopic (exact) mass is 320 g/mol.